The first-order valence-electron chi connectivity index (χ1n) is 5.52. The van der Waals surface area contributed by atoms with Crippen LogP contribution in [0.4, 0.5) is 0 Å². The molecule has 0 amide bonds. The van der Waals surface area contributed by atoms with Gasteiger partial charge in [0.05, 0.1) is 11.3 Å². The highest BCUT2D eigenvalue weighted by atomic mass is 16.4. The molecule has 0 saturated heterocycles. The summed E-state index contributed by atoms with van der Waals surface area (Å²) in [6.07, 6.45) is 3.71. The number of hydrogen-bond acceptors (Lipinski definition) is 2. The zero-order valence-corrected chi connectivity index (χ0v) is 9.45. The molecule has 0 unspecified atom stereocenters. The zero-order valence-electron chi connectivity index (χ0n) is 9.45. The number of carbonyl (C=O) groups is 1. The minimum absolute atomic E-state index is 0.265. The van der Waals surface area contributed by atoms with E-state index in [0.29, 0.717) is 11.3 Å². The number of nitrogens with zero attached hydrogens (tertiary/aromatic N) is 2. The largest absolute Gasteiger partial charge is 0.478 e. The van der Waals surface area contributed by atoms with Gasteiger partial charge in [0.2, 0.25) is 0 Å². The second-order valence-corrected chi connectivity index (χ2v) is 3.94. The van der Waals surface area contributed by atoms with Gasteiger partial charge < -0.3 is 9.51 Å². The summed E-state index contributed by atoms with van der Waals surface area (Å²) in [5.41, 5.74) is 2.36. The van der Waals surface area contributed by atoms with E-state index in [1.807, 2.05) is 41.1 Å². The summed E-state index contributed by atoms with van der Waals surface area (Å²) in [5.74, 6) is -0.942. The molecule has 0 atom stereocenters. The molecule has 3 aromatic rings. The van der Waals surface area contributed by atoms with Crippen LogP contribution in [-0.2, 0) is 0 Å². The second-order valence-electron chi connectivity index (χ2n) is 3.94. The molecule has 0 spiro atoms. The van der Waals surface area contributed by atoms with Crippen molar-refractivity contribution in [1.82, 2.24) is 9.38 Å². The second kappa shape index (κ2) is 4.00. The van der Waals surface area contributed by atoms with Crippen molar-refractivity contribution in [1.29, 1.82) is 0 Å². The maximum atomic E-state index is 11.2. The van der Waals surface area contributed by atoms with Crippen molar-refractivity contribution in [3.8, 4) is 11.3 Å². The Morgan fingerprint density at radius 2 is 1.89 bits per heavy atom. The summed E-state index contributed by atoms with van der Waals surface area (Å²) in [7, 11) is 0. The van der Waals surface area contributed by atoms with Crippen molar-refractivity contribution in [2.75, 3.05) is 0 Å². The first-order valence-corrected chi connectivity index (χ1v) is 5.52. The van der Waals surface area contributed by atoms with Crippen LogP contribution < -0.4 is 0 Å². The average Bonchev–Trinajstić information content (AvgIpc) is 2.82. The van der Waals surface area contributed by atoms with E-state index in [4.69, 9.17) is 5.11 Å². The van der Waals surface area contributed by atoms with Crippen molar-refractivity contribution in [3.63, 3.8) is 0 Å². The van der Waals surface area contributed by atoms with Crippen molar-refractivity contribution in [2.24, 2.45) is 0 Å². The van der Waals surface area contributed by atoms with E-state index in [1.54, 1.807) is 18.2 Å². The first kappa shape index (κ1) is 10.5. The van der Waals surface area contributed by atoms with E-state index >= 15 is 0 Å². The highest BCUT2D eigenvalue weighted by Crippen LogP contribution is 2.23. The number of aromatic nitrogens is 2. The molecule has 1 aromatic carbocycles. The highest BCUT2D eigenvalue weighted by Gasteiger charge is 2.13. The van der Waals surface area contributed by atoms with Gasteiger partial charge in [-0.15, -0.1) is 0 Å². The maximum absolute atomic E-state index is 11.2. The maximum Gasteiger partial charge on any atom is 0.336 e. The monoisotopic (exact) mass is 238 g/mol. The molecular formula is C14H10N2O2. The number of hydrogen-bond donors (Lipinski definition) is 1. The molecule has 0 fully saturated rings. The minimum Gasteiger partial charge on any atom is -0.478 e. The molecule has 0 aliphatic heterocycles. The SMILES string of the molecule is O=C(O)c1ccccc1-c1cn2ccccc2n1. The summed E-state index contributed by atoms with van der Waals surface area (Å²) >= 11 is 0. The summed E-state index contributed by atoms with van der Waals surface area (Å²) in [5, 5.41) is 9.17. The Kier molecular flexibility index (Phi) is 2.34. The third-order valence-corrected chi connectivity index (χ3v) is 2.80. The average molecular weight is 238 g/mol. The van der Waals surface area contributed by atoms with Crippen LogP contribution in [0.25, 0.3) is 16.9 Å². The van der Waals surface area contributed by atoms with Crippen LogP contribution in [-0.4, -0.2) is 20.5 Å². The number of benzene rings is 1. The lowest BCUT2D eigenvalue weighted by atomic mass is 10.1. The number of carboxylic acids is 1. The number of aromatic carboxylic acids is 1. The molecule has 2 heterocycles. The van der Waals surface area contributed by atoms with Crippen LogP contribution >= 0.6 is 0 Å². The Bertz CT molecular complexity index is 698. The van der Waals surface area contributed by atoms with Gasteiger partial charge in [0.1, 0.15) is 5.65 Å². The molecule has 0 bridgehead atoms. The van der Waals surface area contributed by atoms with Crippen molar-refractivity contribution < 1.29 is 9.90 Å². The first-order chi connectivity index (χ1) is 8.75. The molecule has 18 heavy (non-hydrogen) atoms. The molecule has 3 rings (SSSR count). The van der Waals surface area contributed by atoms with Crippen LogP contribution in [0.3, 0.4) is 0 Å². The van der Waals surface area contributed by atoms with Crippen LogP contribution in [0.2, 0.25) is 0 Å². The molecule has 88 valence electrons. The van der Waals surface area contributed by atoms with Gasteiger partial charge in [0.15, 0.2) is 0 Å². The molecule has 0 saturated carbocycles. The van der Waals surface area contributed by atoms with E-state index in [2.05, 4.69) is 4.98 Å². The van der Waals surface area contributed by atoms with Crippen molar-refractivity contribution >= 4 is 11.6 Å². The fourth-order valence-corrected chi connectivity index (χ4v) is 1.96. The molecular weight excluding hydrogens is 228 g/mol. The number of carboxylic acid groups (broad SMARTS) is 1. The number of fused-ring (bicyclic) bond motifs is 1. The quantitative estimate of drug-likeness (QED) is 0.746. The lowest BCUT2D eigenvalue weighted by Gasteiger charge is -2.01. The summed E-state index contributed by atoms with van der Waals surface area (Å²) in [6, 6.07) is 12.6. The Morgan fingerprint density at radius 3 is 2.67 bits per heavy atom. The molecule has 4 nitrogen and oxygen atoms in total. The van der Waals surface area contributed by atoms with Crippen LogP contribution in [0, 0.1) is 0 Å². The lowest BCUT2D eigenvalue weighted by Crippen LogP contribution is -1.98. The van der Waals surface area contributed by atoms with Gasteiger partial charge >= 0.3 is 5.97 Å². The Labute approximate surface area is 103 Å². The molecule has 1 N–H and O–H groups in total. The predicted molar refractivity (Wildman–Crippen MR) is 67.6 cm³/mol. The van der Waals surface area contributed by atoms with Crippen molar-refractivity contribution in [3.05, 3.63) is 60.4 Å². The Balaban J connectivity index is 2.23. The number of rotatable bonds is 2. The Morgan fingerprint density at radius 1 is 1.11 bits per heavy atom. The van der Waals surface area contributed by atoms with E-state index in [-0.39, 0.29) is 5.56 Å². The van der Waals surface area contributed by atoms with Gasteiger partial charge in [0, 0.05) is 18.0 Å². The van der Waals surface area contributed by atoms with E-state index in [0.717, 1.165) is 5.65 Å². The third kappa shape index (κ3) is 1.64. The van der Waals surface area contributed by atoms with E-state index < -0.39 is 5.97 Å². The van der Waals surface area contributed by atoms with Gasteiger partial charge in [-0.25, -0.2) is 9.78 Å². The fourth-order valence-electron chi connectivity index (χ4n) is 1.96. The number of imidazole rings is 1. The smallest absolute Gasteiger partial charge is 0.336 e. The van der Waals surface area contributed by atoms with Gasteiger partial charge in [0.25, 0.3) is 0 Å². The molecule has 0 radical (unpaired) electrons. The van der Waals surface area contributed by atoms with Gasteiger partial charge in [-0.3, -0.25) is 0 Å². The van der Waals surface area contributed by atoms with Gasteiger partial charge in [-0.05, 0) is 18.2 Å². The number of pyridine rings is 1. The van der Waals surface area contributed by atoms with E-state index in [9.17, 15) is 4.79 Å². The predicted octanol–water partition coefficient (Wildman–Crippen LogP) is 2.70. The van der Waals surface area contributed by atoms with E-state index in [1.165, 1.54) is 0 Å². The fraction of sp³-hybridized carbons (Fsp3) is 0. The van der Waals surface area contributed by atoms with Crippen LogP contribution in [0.5, 0.6) is 0 Å². The van der Waals surface area contributed by atoms with Crippen molar-refractivity contribution in [2.45, 2.75) is 0 Å². The van der Waals surface area contributed by atoms with Crippen LogP contribution in [0.15, 0.2) is 54.9 Å². The summed E-state index contributed by atoms with van der Waals surface area (Å²) in [4.78, 5) is 15.6. The Hall–Kier alpha value is -2.62. The summed E-state index contributed by atoms with van der Waals surface area (Å²) < 4.78 is 1.87. The molecule has 0 aliphatic carbocycles. The van der Waals surface area contributed by atoms with Crippen LogP contribution in [0.1, 0.15) is 10.4 Å². The summed E-state index contributed by atoms with van der Waals surface area (Å²) in [6.45, 7) is 0. The molecule has 2 aromatic heterocycles. The highest BCUT2D eigenvalue weighted by molar-refractivity contribution is 5.95. The lowest BCUT2D eigenvalue weighted by molar-refractivity contribution is 0.0697. The van der Waals surface area contributed by atoms with Gasteiger partial charge in [-0.1, -0.05) is 24.3 Å². The normalized spacial score (nSPS) is 10.7. The topological polar surface area (TPSA) is 54.6 Å². The van der Waals surface area contributed by atoms with Gasteiger partial charge in [-0.2, -0.15) is 0 Å². The standard InChI is InChI=1S/C14H10N2O2/c17-14(18)11-6-2-1-5-10(11)12-9-16-8-4-3-7-13(16)15-12/h1-9H,(H,17,18). The minimum atomic E-state index is -0.942. The zero-order chi connectivity index (χ0) is 12.5. The molecule has 0 aliphatic rings. The third-order valence-electron chi connectivity index (χ3n) is 2.80. The molecule has 4 heteroatoms.